The summed E-state index contributed by atoms with van der Waals surface area (Å²) in [5, 5.41) is 8.40. The summed E-state index contributed by atoms with van der Waals surface area (Å²) in [6, 6.07) is 0.477. The molecule has 6 heteroatoms. The van der Waals surface area contributed by atoms with E-state index in [4.69, 9.17) is 0 Å². The molecule has 0 spiro atoms. The minimum Gasteiger partial charge on any atom is -0.337 e. The van der Waals surface area contributed by atoms with Crippen molar-refractivity contribution < 1.29 is 4.79 Å². The number of hydrogen-bond acceptors (Lipinski definition) is 4. The second kappa shape index (κ2) is 6.48. The Morgan fingerprint density at radius 1 is 1.35 bits per heavy atom. The van der Waals surface area contributed by atoms with Crippen LogP contribution in [0.2, 0.25) is 0 Å². The van der Waals surface area contributed by atoms with Crippen molar-refractivity contribution in [1.82, 2.24) is 20.0 Å². The quantitative estimate of drug-likeness (QED) is 0.893. The summed E-state index contributed by atoms with van der Waals surface area (Å²) < 4.78 is 1.84. The zero-order valence-electron chi connectivity index (χ0n) is 13.8. The number of nitrogens with one attached hydrogen (secondary N) is 1. The highest BCUT2D eigenvalue weighted by atomic mass is 32.2. The Kier molecular flexibility index (Phi) is 4.37. The van der Waals surface area contributed by atoms with Gasteiger partial charge < -0.3 is 10.2 Å². The molecule has 0 bridgehead atoms. The van der Waals surface area contributed by atoms with Crippen molar-refractivity contribution in [3.8, 4) is 0 Å². The second-order valence-corrected chi connectivity index (χ2v) is 8.46. The molecule has 3 aliphatic rings. The van der Waals surface area contributed by atoms with Gasteiger partial charge in [0.2, 0.25) is 5.91 Å². The number of nitrogens with zero attached hydrogens (tertiary/aromatic N) is 3. The van der Waals surface area contributed by atoms with E-state index in [2.05, 4.69) is 33.3 Å². The number of aryl methyl sites for hydroxylation is 1. The Morgan fingerprint density at radius 3 is 3.04 bits per heavy atom. The van der Waals surface area contributed by atoms with E-state index in [0.717, 1.165) is 25.4 Å². The van der Waals surface area contributed by atoms with Gasteiger partial charge in [0.05, 0.1) is 12.1 Å². The van der Waals surface area contributed by atoms with Crippen LogP contribution < -0.4 is 5.32 Å². The first-order valence-corrected chi connectivity index (χ1v) is 9.90. The Hall–Kier alpha value is -1.01. The van der Waals surface area contributed by atoms with Crippen LogP contribution in [0.4, 0.5) is 0 Å². The molecule has 2 unspecified atom stereocenters. The van der Waals surface area contributed by atoms with Crippen LogP contribution >= 0.6 is 11.8 Å². The van der Waals surface area contributed by atoms with E-state index in [1.807, 2.05) is 17.9 Å². The maximum absolute atomic E-state index is 13.3. The monoisotopic (exact) mass is 334 g/mol. The van der Waals surface area contributed by atoms with E-state index < -0.39 is 0 Å². The fraction of sp³-hybridized carbons (Fsp3) is 0.765. The SMILES string of the molecule is Cn1cc([C@H]2CNC[C@@H]2C(=O)N2CCSC3CCCCC32)cn1. The van der Waals surface area contributed by atoms with E-state index in [0.29, 0.717) is 17.2 Å². The first-order chi connectivity index (χ1) is 11.2. The third-order valence-corrected chi connectivity index (χ3v) is 7.10. The summed E-state index contributed by atoms with van der Waals surface area (Å²) in [4.78, 5) is 15.5. The number of carbonyl (C=O) groups is 1. The number of amides is 1. The lowest BCUT2D eigenvalue weighted by Crippen LogP contribution is -2.54. The molecule has 5 nitrogen and oxygen atoms in total. The van der Waals surface area contributed by atoms with Gasteiger partial charge in [0, 0.05) is 55.8 Å². The van der Waals surface area contributed by atoms with E-state index in [9.17, 15) is 4.79 Å². The number of aromatic nitrogens is 2. The van der Waals surface area contributed by atoms with Gasteiger partial charge in [-0.1, -0.05) is 12.8 Å². The molecule has 3 fully saturated rings. The lowest BCUT2D eigenvalue weighted by molar-refractivity contribution is -0.138. The fourth-order valence-electron chi connectivity index (χ4n) is 4.50. The Morgan fingerprint density at radius 2 is 2.22 bits per heavy atom. The highest BCUT2D eigenvalue weighted by molar-refractivity contribution is 8.00. The van der Waals surface area contributed by atoms with E-state index in [-0.39, 0.29) is 11.8 Å². The molecule has 1 aromatic rings. The highest BCUT2D eigenvalue weighted by Crippen LogP contribution is 2.38. The van der Waals surface area contributed by atoms with E-state index in [1.54, 1.807) is 0 Å². The van der Waals surface area contributed by atoms with Gasteiger partial charge in [-0.2, -0.15) is 16.9 Å². The molecule has 1 saturated carbocycles. The Labute approximate surface area is 142 Å². The molecular formula is C17H26N4OS. The van der Waals surface area contributed by atoms with Crippen molar-refractivity contribution in [2.45, 2.75) is 42.9 Å². The normalized spacial score (nSPS) is 34.4. The molecule has 0 radical (unpaired) electrons. The van der Waals surface area contributed by atoms with Crippen LogP contribution in [0.25, 0.3) is 0 Å². The van der Waals surface area contributed by atoms with Crippen molar-refractivity contribution in [3.63, 3.8) is 0 Å². The maximum atomic E-state index is 13.3. The van der Waals surface area contributed by atoms with Crippen LogP contribution in [0, 0.1) is 5.92 Å². The molecule has 2 saturated heterocycles. The maximum Gasteiger partial charge on any atom is 0.227 e. The van der Waals surface area contributed by atoms with Crippen LogP contribution in [-0.4, -0.2) is 57.3 Å². The zero-order valence-corrected chi connectivity index (χ0v) is 14.6. The standard InChI is InChI=1S/C17H26N4OS/c1-20-11-12(8-19-20)13-9-18-10-14(13)17(22)21-6-7-23-16-5-3-2-4-15(16)21/h8,11,13-16,18H,2-7,9-10H2,1H3/t13-,14+,15?,16?/m1/s1. The zero-order chi connectivity index (χ0) is 15.8. The summed E-state index contributed by atoms with van der Waals surface area (Å²) in [7, 11) is 1.94. The largest absolute Gasteiger partial charge is 0.337 e. The molecular weight excluding hydrogens is 308 g/mol. The molecule has 1 aliphatic carbocycles. The van der Waals surface area contributed by atoms with Gasteiger partial charge in [0.1, 0.15) is 0 Å². The smallest absolute Gasteiger partial charge is 0.227 e. The average Bonchev–Trinajstić information content (AvgIpc) is 3.22. The fourth-order valence-corrected chi connectivity index (χ4v) is 5.95. The van der Waals surface area contributed by atoms with Crippen LogP contribution in [0.1, 0.15) is 37.2 Å². The number of hydrogen-bond donors (Lipinski definition) is 1. The van der Waals surface area contributed by atoms with Gasteiger partial charge in [-0.3, -0.25) is 9.48 Å². The molecule has 2 aliphatic heterocycles. The van der Waals surface area contributed by atoms with Crippen LogP contribution in [0.5, 0.6) is 0 Å². The van der Waals surface area contributed by atoms with E-state index in [1.165, 1.54) is 31.2 Å². The lowest BCUT2D eigenvalue weighted by atomic mass is 9.87. The predicted octanol–water partition coefficient (Wildman–Crippen LogP) is 1.61. The molecule has 126 valence electrons. The topological polar surface area (TPSA) is 50.2 Å². The second-order valence-electron chi connectivity index (χ2n) is 7.11. The third-order valence-electron chi connectivity index (χ3n) is 5.70. The minimum atomic E-state index is 0.0740. The number of rotatable bonds is 2. The van der Waals surface area contributed by atoms with Gasteiger partial charge >= 0.3 is 0 Å². The van der Waals surface area contributed by atoms with Crippen LogP contribution in [0.3, 0.4) is 0 Å². The van der Waals surface area contributed by atoms with E-state index >= 15 is 0 Å². The molecule has 4 rings (SSSR count). The number of carbonyl (C=O) groups excluding carboxylic acids is 1. The van der Waals surface area contributed by atoms with Crippen molar-refractivity contribution in [1.29, 1.82) is 0 Å². The summed E-state index contributed by atoms with van der Waals surface area (Å²) in [6.45, 7) is 2.62. The predicted molar refractivity (Wildman–Crippen MR) is 92.5 cm³/mol. The third kappa shape index (κ3) is 2.91. The molecule has 4 atom stereocenters. The molecule has 23 heavy (non-hydrogen) atoms. The Bertz CT molecular complexity index is 573. The average molecular weight is 334 g/mol. The molecule has 3 heterocycles. The summed E-state index contributed by atoms with van der Waals surface area (Å²) >= 11 is 2.09. The molecule has 1 aromatic heterocycles. The van der Waals surface area contributed by atoms with Crippen molar-refractivity contribution >= 4 is 17.7 Å². The van der Waals surface area contributed by atoms with Gasteiger partial charge in [0.15, 0.2) is 0 Å². The van der Waals surface area contributed by atoms with Gasteiger partial charge in [0.25, 0.3) is 0 Å². The van der Waals surface area contributed by atoms with Crippen molar-refractivity contribution in [2.75, 3.05) is 25.4 Å². The first kappa shape index (κ1) is 15.5. The minimum absolute atomic E-state index is 0.0740. The highest BCUT2D eigenvalue weighted by Gasteiger charge is 2.42. The lowest BCUT2D eigenvalue weighted by Gasteiger charge is -2.44. The summed E-state index contributed by atoms with van der Waals surface area (Å²) in [6.07, 6.45) is 9.08. The number of thioether (sulfide) groups is 1. The molecule has 1 N–H and O–H groups in total. The van der Waals surface area contributed by atoms with Crippen LogP contribution in [0.15, 0.2) is 12.4 Å². The van der Waals surface area contributed by atoms with Crippen molar-refractivity contribution in [2.24, 2.45) is 13.0 Å². The van der Waals surface area contributed by atoms with Crippen LogP contribution in [-0.2, 0) is 11.8 Å². The molecule has 0 aromatic carbocycles. The first-order valence-electron chi connectivity index (χ1n) is 8.85. The number of fused-ring (bicyclic) bond motifs is 1. The van der Waals surface area contributed by atoms with Crippen molar-refractivity contribution in [3.05, 3.63) is 18.0 Å². The van der Waals surface area contributed by atoms with Gasteiger partial charge in [-0.15, -0.1) is 0 Å². The van der Waals surface area contributed by atoms with Gasteiger partial charge in [-0.05, 0) is 18.4 Å². The van der Waals surface area contributed by atoms with Gasteiger partial charge in [-0.25, -0.2) is 0 Å². The summed E-state index contributed by atoms with van der Waals surface area (Å²) in [5.74, 6) is 1.82. The summed E-state index contributed by atoms with van der Waals surface area (Å²) in [5.41, 5.74) is 1.20. The molecule has 1 amide bonds. The Balaban J connectivity index is 1.53.